The van der Waals surface area contributed by atoms with Crippen molar-refractivity contribution in [1.82, 2.24) is 4.98 Å². The SMILES string of the molecule is S=c1[nH]cc(COc2cccc(Cl)c2Cl)o1. The van der Waals surface area contributed by atoms with Crippen molar-refractivity contribution in [2.75, 3.05) is 0 Å². The van der Waals surface area contributed by atoms with Crippen molar-refractivity contribution in [2.45, 2.75) is 6.61 Å². The molecule has 1 aromatic carbocycles. The van der Waals surface area contributed by atoms with E-state index in [2.05, 4.69) is 4.98 Å². The van der Waals surface area contributed by atoms with Crippen LogP contribution in [0.1, 0.15) is 5.76 Å². The maximum absolute atomic E-state index is 5.95. The van der Waals surface area contributed by atoms with Crippen LogP contribution >= 0.6 is 35.4 Å². The molecular weight excluding hydrogens is 269 g/mol. The van der Waals surface area contributed by atoms with Gasteiger partial charge in [0.1, 0.15) is 17.4 Å². The number of rotatable bonds is 3. The average Bonchev–Trinajstić information content (AvgIpc) is 2.67. The molecule has 3 nitrogen and oxygen atoms in total. The number of ether oxygens (including phenoxy) is 1. The predicted molar refractivity (Wildman–Crippen MR) is 64.7 cm³/mol. The van der Waals surface area contributed by atoms with Crippen LogP contribution in [0.15, 0.2) is 28.8 Å². The molecule has 0 spiro atoms. The van der Waals surface area contributed by atoms with Gasteiger partial charge >= 0.3 is 0 Å². The van der Waals surface area contributed by atoms with Crippen LogP contribution in [-0.2, 0) is 6.61 Å². The number of H-pyrrole nitrogens is 1. The molecule has 0 saturated carbocycles. The zero-order chi connectivity index (χ0) is 11.5. The smallest absolute Gasteiger partial charge is 0.266 e. The Morgan fingerprint density at radius 3 is 2.88 bits per heavy atom. The summed E-state index contributed by atoms with van der Waals surface area (Å²) in [6.07, 6.45) is 1.64. The number of aromatic amines is 1. The first-order valence-corrected chi connectivity index (χ1v) is 5.57. The van der Waals surface area contributed by atoms with E-state index >= 15 is 0 Å². The summed E-state index contributed by atoms with van der Waals surface area (Å²) >= 11 is 16.6. The minimum Gasteiger partial charge on any atom is -0.484 e. The lowest BCUT2D eigenvalue weighted by atomic mass is 10.3. The topological polar surface area (TPSA) is 38.2 Å². The molecule has 0 amide bonds. The number of oxazole rings is 1. The summed E-state index contributed by atoms with van der Waals surface area (Å²) < 4.78 is 10.6. The van der Waals surface area contributed by atoms with Crippen LogP contribution in [0.25, 0.3) is 0 Å². The lowest BCUT2D eigenvalue weighted by molar-refractivity contribution is 0.269. The number of hydrogen-bond acceptors (Lipinski definition) is 3. The van der Waals surface area contributed by atoms with Crippen molar-refractivity contribution in [3.8, 4) is 5.75 Å². The number of halogens is 2. The molecule has 16 heavy (non-hydrogen) atoms. The van der Waals surface area contributed by atoms with Crippen LogP contribution in [0.4, 0.5) is 0 Å². The van der Waals surface area contributed by atoms with E-state index in [0.29, 0.717) is 26.4 Å². The lowest BCUT2D eigenvalue weighted by Gasteiger charge is -2.06. The van der Waals surface area contributed by atoms with E-state index in [1.54, 1.807) is 24.4 Å². The normalized spacial score (nSPS) is 10.4. The van der Waals surface area contributed by atoms with E-state index in [1.165, 1.54) is 0 Å². The highest BCUT2D eigenvalue weighted by molar-refractivity contribution is 7.71. The number of hydrogen-bond donors (Lipinski definition) is 1. The quantitative estimate of drug-likeness (QED) is 0.853. The van der Waals surface area contributed by atoms with Crippen LogP contribution in [0.3, 0.4) is 0 Å². The van der Waals surface area contributed by atoms with Crippen LogP contribution in [-0.4, -0.2) is 4.98 Å². The fourth-order valence-electron chi connectivity index (χ4n) is 1.13. The van der Waals surface area contributed by atoms with Crippen molar-refractivity contribution in [2.24, 2.45) is 0 Å². The summed E-state index contributed by atoms with van der Waals surface area (Å²) in [5.41, 5.74) is 0. The van der Waals surface area contributed by atoms with Gasteiger partial charge in [-0.15, -0.1) is 0 Å². The van der Waals surface area contributed by atoms with E-state index in [4.69, 9.17) is 44.6 Å². The van der Waals surface area contributed by atoms with Crippen molar-refractivity contribution in [3.05, 3.63) is 45.0 Å². The number of nitrogens with one attached hydrogen (secondary N) is 1. The number of benzene rings is 1. The maximum Gasteiger partial charge on any atom is 0.266 e. The molecule has 0 atom stereocenters. The first-order valence-electron chi connectivity index (χ1n) is 4.41. The molecule has 0 unspecified atom stereocenters. The van der Waals surface area contributed by atoms with Crippen LogP contribution in [0.5, 0.6) is 5.75 Å². The van der Waals surface area contributed by atoms with Gasteiger partial charge in [-0.1, -0.05) is 29.3 Å². The standard InChI is InChI=1S/C10H7Cl2NO2S/c11-7-2-1-3-8(9(7)12)14-5-6-4-13-10(16)15-6/h1-4H,5H2,(H,13,16). The summed E-state index contributed by atoms with van der Waals surface area (Å²) in [5.74, 6) is 1.11. The Balaban J connectivity index is 2.10. The van der Waals surface area contributed by atoms with Gasteiger partial charge in [-0.3, -0.25) is 0 Å². The number of aromatic nitrogens is 1. The average molecular weight is 276 g/mol. The second-order valence-electron chi connectivity index (χ2n) is 2.99. The largest absolute Gasteiger partial charge is 0.484 e. The fourth-order valence-corrected chi connectivity index (χ4v) is 1.65. The molecule has 84 valence electrons. The van der Waals surface area contributed by atoms with Crippen LogP contribution in [0, 0.1) is 4.84 Å². The molecule has 1 heterocycles. The van der Waals surface area contributed by atoms with E-state index in [9.17, 15) is 0 Å². The van der Waals surface area contributed by atoms with E-state index in [1.807, 2.05) is 0 Å². The molecule has 1 N–H and O–H groups in total. The Hall–Kier alpha value is -0.970. The van der Waals surface area contributed by atoms with Crippen molar-refractivity contribution < 1.29 is 9.15 Å². The molecule has 0 fully saturated rings. The molecule has 2 aromatic rings. The third-order valence-corrected chi connectivity index (χ3v) is 2.86. The molecule has 2 rings (SSSR count). The van der Waals surface area contributed by atoms with Crippen molar-refractivity contribution in [3.63, 3.8) is 0 Å². The maximum atomic E-state index is 5.95. The second kappa shape index (κ2) is 4.91. The molecule has 0 saturated heterocycles. The molecule has 0 aliphatic heterocycles. The fraction of sp³-hybridized carbons (Fsp3) is 0.100. The Bertz CT molecular complexity index is 550. The lowest BCUT2D eigenvalue weighted by Crippen LogP contribution is -1.94. The first kappa shape index (κ1) is 11.5. The zero-order valence-corrected chi connectivity index (χ0v) is 10.3. The third kappa shape index (κ3) is 2.58. The second-order valence-corrected chi connectivity index (χ2v) is 4.14. The molecular formula is C10H7Cl2NO2S. The van der Waals surface area contributed by atoms with E-state index in [0.717, 1.165) is 0 Å². The van der Waals surface area contributed by atoms with Gasteiger partial charge in [-0.2, -0.15) is 0 Å². The Kier molecular flexibility index (Phi) is 3.53. The summed E-state index contributed by atoms with van der Waals surface area (Å²) in [6, 6.07) is 5.19. The summed E-state index contributed by atoms with van der Waals surface area (Å²) in [7, 11) is 0. The summed E-state index contributed by atoms with van der Waals surface area (Å²) in [5, 5.41) is 0.840. The molecule has 1 aromatic heterocycles. The molecule has 6 heteroatoms. The molecule has 0 aliphatic carbocycles. The van der Waals surface area contributed by atoms with Gasteiger partial charge in [-0.05, 0) is 24.4 Å². The van der Waals surface area contributed by atoms with Gasteiger partial charge in [0.15, 0.2) is 5.76 Å². The van der Waals surface area contributed by atoms with Gasteiger partial charge in [0.2, 0.25) is 0 Å². The molecule has 0 bridgehead atoms. The highest BCUT2D eigenvalue weighted by atomic mass is 35.5. The Morgan fingerprint density at radius 2 is 2.19 bits per heavy atom. The van der Waals surface area contributed by atoms with Gasteiger partial charge < -0.3 is 14.1 Å². The van der Waals surface area contributed by atoms with Gasteiger partial charge in [0, 0.05) is 6.20 Å². The van der Waals surface area contributed by atoms with Gasteiger partial charge in [0.05, 0.1) is 5.02 Å². The summed E-state index contributed by atoms with van der Waals surface area (Å²) in [4.78, 5) is 3.06. The predicted octanol–water partition coefficient (Wildman–Crippen LogP) is 4.22. The van der Waals surface area contributed by atoms with E-state index < -0.39 is 0 Å². The highest BCUT2D eigenvalue weighted by Crippen LogP contribution is 2.31. The minimum absolute atomic E-state index is 0.243. The third-order valence-electron chi connectivity index (χ3n) is 1.86. The van der Waals surface area contributed by atoms with Gasteiger partial charge in [-0.25, -0.2) is 0 Å². The van der Waals surface area contributed by atoms with Crippen molar-refractivity contribution in [1.29, 1.82) is 0 Å². The molecule has 0 aliphatic rings. The molecule has 0 radical (unpaired) electrons. The highest BCUT2D eigenvalue weighted by Gasteiger charge is 2.06. The van der Waals surface area contributed by atoms with Crippen LogP contribution in [0.2, 0.25) is 10.0 Å². The van der Waals surface area contributed by atoms with Crippen molar-refractivity contribution >= 4 is 35.4 Å². The summed E-state index contributed by atoms with van der Waals surface area (Å²) in [6.45, 7) is 0.243. The Labute approximate surface area is 107 Å². The Morgan fingerprint density at radius 1 is 1.38 bits per heavy atom. The van der Waals surface area contributed by atoms with Gasteiger partial charge in [0.25, 0.3) is 4.84 Å². The first-order chi connectivity index (χ1) is 7.66. The zero-order valence-electron chi connectivity index (χ0n) is 8.00. The van der Waals surface area contributed by atoms with E-state index in [-0.39, 0.29) is 6.61 Å². The monoisotopic (exact) mass is 275 g/mol. The van der Waals surface area contributed by atoms with Crippen LogP contribution < -0.4 is 4.74 Å². The minimum atomic E-state index is 0.243.